The minimum atomic E-state index is -0.318. The Morgan fingerprint density at radius 1 is 1.27 bits per heavy atom. The molecule has 0 aliphatic heterocycles. The van der Waals surface area contributed by atoms with Crippen LogP contribution in [0.3, 0.4) is 0 Å². The molecule has 0 spiro atoms. The van der Waals surface area contributed by atoms with E-state index in [0.29, 0.717) is 6.54 Å². The SMILES string of the molecule is CC1(C)[C@]2(C(=O)NCc3ccccc3)CC[C@]1(C(Br)Br)[C@H]2Br. The fourth-order valence-corrected chi connectivity index (χ4v) is 9.55. The monoisotopic (exact) mass is 491 g/mol. The second-order valence-electron chi connectivity index (χ2n) is 6.97. The van der Waals surface area contributed by atoms with Gasteiger partial charge in [0.15, 0.2) is 0 Å². The summed E-state index contributed by atoms with van der Waals surface area (Å²) in [6.45, 7) is 5.06. The molecule has 4 rings (SSSR count). The zero-order chi connectivity index (χ0) is 16.2. The Balaban J connectivity index is 1.79. The first-order chi connectivity index (χ1) is 10.3. The smallest absolute Gasteiger partial charge is 0.228 e. The van der Waals surface area contributed by atoms with Gasteiger partial charge in [0, 0.05) is 16.8 Å². The molecule has 1 aromatic rings. The Bertz CT molecular complexity index is 589. The van der Waals surface area contributed by atoms with E-state index in [1.165, 1.54) is 0 Å². The van der Waals surface area contributed by atoms with Crippen LogP contribution >= 0.6 is 47.8 Å². The number of amides is 1. The summed E-state index contributed by atoms with van der Waals surface area (Å²) in [6, 6.07) is 10.1. The van der Waals surface area contributed by atoms with Crippen LogP contribution in [0.4, 0.5) is 0 Å². The molecule has 0 unspecified atom stereocenters. The second kappa shape index (κ2) is 5.59. The van der Waals surface area contributed by atoms with Gasteiger partial charge in [-0.15, -0.1) is 0 Å². The van der Waals surface area contributed by atoms with Gasteiger partial charge in [-0.05, 0) is 23.8 Å². The van der Waals surface area contributed by atoms with Crippen molar-refractivity contribution in [2.24, 2.45) is 16.2 Å². The average molecular weight is 494 g/mol. The van der Waals surface area contributed by atoms with Crippen LogP contribution in [0.2, 0.25) is 0 Å². The highest BCUT2D eigenvalue weighted by molar-refractivity contribution is 9.24. The number of alkyl halides is 3. The fraction of sp³-hybridized carbons (Fsp3) is 0.588. The first-order valence-corrected chi connectivity index (χ1v) is 10.3. The zero-order valence-electron chi connectivity index (χ0n) is 12.7. The van der Waals surface area contributed by atoms with E-state index in [4.69, 9.17) is 0 Å². The van der Waals surface area contributed by atoms with E-state index in [1.54, 1.807) is 0 Å². The first-order valence-electron chi connectivity index (χ1n) is 7.55. The number of hydrogen-bond donors (Lipinski definition) is 1. The van der Waals surface area contributed by atoms with Gasteiger partial charge in [-0.1, -0.05) is 92.0 Å². The molecular formula is C17H20Br3NO. The van der Waals surface area contributed by atoms with Crippen LogP contribution < -0.4 is 5.32 Å². The van der Waals surface area contributed by atoms with Gasteiger partial charge in [-0.25, -0.2) is 0 Å². The molecule has 2 nitrogen and oxygen atoms in total. The number of carbonyl (C=O) groups excluding carboxylic acids is 1. The molecule has 2 bridgehead atoms. The summed E-state index contributed by atoms with van der Waals surface area (Å²) in [6.07, 6.45) is 1.99. The number of benzene rings is 1. The summed E-state index contributed by atoms with van der Waals surface area (Å²) in [4.78, 5) is 13.2. The maximum Gasteiger partial charge on any atom is 0.228 e. The average Bonchev–Trinajstić information content (AvgIpc) is 2.95. The maximum atomic E-state index is 13.0. The van der Waals surface area contributed by atoms with Gasteiger partial charge in [0.2, 0.25) is 5.91 Å². The van der Waals surface area contributed by atoms with E-state index >= 15 is 0 Å². The lowest BCUT2D eigenvalue weighted by Gasteiger charge is -2.66. The van der Waals surface area contributed by atoms with Gasteiger partial charge in [-0.2, -0.15) is 0 Å². The van der Waals surface area contributed by atoms with Crippen molar-refractivity contribution in [3.8, 4) is 0 Å². The summed E-state index contributed by atoms with van der Waals surface area (Å²) in [7, 11) is 0. The molecule has 3 aliphatic carbocycles. The van der Waals surface area contributed by atoms with Crippen LogP contribution in [0.5, 0.6) is 0 Å². The van der Waals surface area contributed by atoms with E-state index < -0.39 is 0 Å². The molecule has 3 fully saturated rings. The third kappa shape index (κ3) is 1.91. The van der Waals surface area contributed by atoms with Crippen LogP contribution in [-0.4, -0.2) is 14.5 Å². The fourth-order valence-electron chi connectivity index (χ4n) is 4.63. The van der Waals surface area contributed by atoms with Crippen molar-refractivity contribution in [1.82, 2.24) is 5.32 Å². The van der Waals surface area contributed by atoms with Gasteiger partial charge in [0.1, 0.15) is 0 Å². The van der Waals surface area contributed by atoms with Gasteiger partial charge < -0.3 is 5.32 Å². The summed E-state index contributed by atoms with van der Waals surface area (Å²) >= 11 is 11.3. The number of hydrogen-bond acceptors (Lipinski definition) is 1. The first kappa shape index (κ1) is 17.0. The van der Waals surface area contributed by atoms with Crippen LogP contribution in [0.25, 0.3) is 0 Å². The molecule has 1 N–H and O–H groups in total. The summed E-state index contributed by atoms with van der Waals surface area (Å²) in [5.74, 6) is 0.178. The van der Waals surface area contributed by atoms with Crippen LogP contribution in [0.1, 0.15) is 32.3 Å². The van der Waals surface area contributed by atoms with E-state index in [-0.39, 0.29) is 30.7 Å². The molecule has 3 atom stereocenters. The number of nitrogens with one attached hydrogen (secondary N) is 1. The molecular weight excluding hydrogens is 474 g/mol. The number of halogens is 3. The van der Waals surface area contributed by atoms with Gasteiger partial charge in [0.25, 0.3) is 0 Å². The third-order valence-corrected chi connectivity index (χ3v) is 9.42. The Morgan fingerprint density at radius 3 is 2.41 bits per heavy atom. The minimum Gasteiger partial charge on any atom is -0.351 e. The highest BCUT2D eigenvalue weighted by Crippen LogP contribution is 2.82. The molecule has 22 heavy (non-hydrogen) atoms. The molecule has 0 heterocycles. The van der Waals surface area contributed by atoms with E-state index in [0.717, 1.165) is 18.4 Å². The Hall–Kier alpha value is 0.130. The van der Waals surface area contributed by atoms with Crippen LogP contribution in [0.15, 0.2) is 30.3 Å². The molecule has 5 heteroatoms. The predicted molar refractivity (Wildman–Crippen MR) is 101 cm³/mol. The van der Waals surface area contributed by atoms with Crippen molar-refractivity contribution in [3.63, 3.8) is 0 Å². The predicted octanol–water partition coefficient (Wildman–Crippen LogP) is 4.99. The lowest BCUT2D eigenvalue weighted by Crippen LogP contribution is -2.72. The summed E-state index contributed by atoms with van der Waals surface area (Å²) < 4.78 is 0.212. The van der Waals surface area contributed by atoms with Crippen LogP contribution in [-0.2, 0) is 11.3 Å². The molecule has 120 valence electrons. The standard InChI is InChI=1S/C17H20Br3NO/c1-15(2)16(13(19)20)8-9-17(15,12(16)18)14(22)21-10-11-6-4-3-5-7-11/h3-7,12-13H,8-10H2,1-2H3,(H,21,22)/t12-,16-,17-/m1/s1. The Kier molecular flexibility index (Phi) is 4.31. The van der Waals surface area contributed by atoms with Crippen molar-refractivity contribution in [2.75, 3.05) is 0 Å². The van der Waals surface area contributed by atoms with Crippen molar-refractivity contribution in [3.05, 3.63) is 35.9 Å². The van der Waals surface area contributed by atoms with Crippen molar-refractivity contribution < 1.29 is 4.79 Å². The topological polar surface area (TPSA) is 29.1 Å². The maximum absolute atomic E-state index is 13.0. The van der Waals surface area contributed by atoms with E-state index in [2.05, 4.69) is 67.0 Å². The molecule has 3 aliphatic rings. The lowest BCUT2D eigenvalue weighted by atomic mass is 9.43. The van der Waals surface area contributed by atoms with Crippen LogP contribution in [0, 0.1) is 16.2 Å². The quantitative estimate of drug-likeness (QED) is 0.588. The summed E-state index contributed by atoms with van der Waals surface area (Å²) in [5.41, 5.74) is 0.851. The molecule has 1 aromatic carbocycles. The Morgan fingerprint density at radius 2 is 1.91 bits per heavy atom. The van der Waals surface area contributed by atoms with E-state index in [9.17, 15) is 4.79 Å². The molecule has 3 saturated carbocycles. The molecule has 1 amide bonds. The van der Waals surface area contributed by atoms with E-state index in [1.807, 2.05) is 30.3 Å². The number of rotatable bonds is 4. The highest BCUT2D eigenvalue weighted by atomic mass is 79.9. The third-order valence-electron chi connectivity index (χ3n) is 6.19. The van der Waals surface area contributed by atoms with Gasteiger partial charge in [0.05, 0.1) is 9.15 Å². The van der Waals surface area contributed by atoms with Gasteiger partial charge in [-0.3, -0.25) is 4.79 Å². The zero-order valence-corrected chi connectivity index (χ0v) is 17.5. The molecule has 0 saturated heterocycles. The largest absolute Gasteiger partial charge is 0.351 e. The normalized spacial score (nSPS) is 35.3. The summed E-state index contributed by atoms with van der Waals surface area (Å²) in [5, 5.41) is 3.16. The van der Waals surface area contributed by atoms with Gasteiger partial charge >= 0.3 is 0 Å². The van der Waals surface area contributed by atoms with Crippen molar-refractivity contribution in [1.29, 1.82) is 0 Å². The molecule has 0 radical (unpaired) electrons. The van der Waals surface area contributed by atoms with Crippen molar-refractivity contribution in [2.45, 2.75) is 41.8 Å². The highest BCUT2D eigenvalue weighted by Gasteiger charge is 2.83. The number of fused-ring (bicyclic) bond motifs is 1. The molecule has 0 aromatic heterocycles. The lowest BCUT2D eigenvalue weighted by molar-refractivity contribution is -0.161. The Labute approximate surface area is 157 Å². The van der Waals surface area contributed by atoms with Crippen molar-refractivity contribution >= 4 is 53.7 Å². The minimum absolute atomic E-state index is 0.0490. The second-order valence-corrected chi connectivity index (χ2v) is 10.9. The number of carbonyl (C=O) groups is 1.